The van der Waals surface area contributed by atoms with Gasteiger partial charge in [-0.1, -0.05) is 31.4 Å². The van der Waals surface area contributed by atoms with Crippen LogP contribution < -0.4 is 5.32 Å². The minimum atomic E-state index is -0.502. The van der Waals surface area contributed by atoms with E-state index in [1.54, 1.807) is 0 Å². The van der Waals surface area contributed by atoms with E-state index in [2.05, 4.69) is 5.32 Å². The topological polar surface area (TPSA) is 49.3 Å². The molecular formula is C17H23NO2. The molecule has 1 saturated carbocycles. The van der Waals surface area contributed by atoms with Gasteiger partial charge in [-0.05, 0) is 49.8 Å². The zero-order valence-corrected chi connectivity index (χ0v) is 12.3. The SMILES string of the molecule is CC1(C)C(=O)Nc2ccc(C(O)C3CCCCC3)cc21. The van der Waals surface area contributed by atoms with Crippen LogP contribution in [0.4, 0.5) is 5.69 Å². The van der Waals surface area contributed by atoms with Gasteiger partial charge in [0.15, 0.2) is 0 Å². The maximum absolute atomic E-state index is 12.0. The third-order valence-electron chi connectivity index (χ3n) is 4.97. The lowest BCUT2D eigenvalue weighted by Crippen LogP contribution is -2.27. The van der Waals surface area contributed by atoms with E-state index in [1.807, 2.05) is 32.0 Å². The molecule has 0 bridgehead atoms. The molecule has 1 aliphatic carbocycles. The number of carbonyl (C=O) groups excluding carboxylic acids is 1. The maximum Gasteiger partial charge on any atom is 0.234 e. The summed E-state index contributed by atoms with van der Waals surface area (Å²) in [7, 11) is 0. The third kappa shape index (κ3) is 2.14. The van der Waals surface area contributed by atoms with Crippen molar-refractivity contribution in [1.82, 2.24) is 0 Å². The number of hydrogen-bond donors (Lipinski definition) is 2. The van der Waals surface area contributed by atoms with E-state index in [9.17, 15) is 9.90 Å². The van der Waals surface area contributed by atoms with Crippen LogP contribution in [0.15, 0.2) is 18.2 Å². The third-order valence-corrected chi connectivity index (χ3v) is 4.97. The van der Waals surface area contributed by atoms with Crippen molar-refractivity contribution in [2.45, 2.75) is 57.5 Å². The molecule has 1 heterocycles. The van der Waals surface area contributed by atoms with Crippen molar-refractivity contribution in [3.8, 4) is 0 Å². The van der Waals surface area contributed by atoms with E-state index in [1.165, 1.54) is 19.3 Å². The molecule has 1 aromatic carbocycles. The van der Waals surface area contributed by atoms with Crippen LogP contribution in [0.3, 0.4) is 0 Å². The number of amides is 1. The number of hydrogen-bond acceptors (Lipinski definition) is 2. The van der Waals surface area contributed by atoms with Crippen molar-refractivity contribution in [2.75, 3.05) is 5.32 Å². The standard InChI is InChI=1S/C17H23NO2/c1-17(2)13-10-12(8-9-14(13)18-16(17)20)15(19)11-6-4-3-5-7-11/h8-11,15,19H,3-7H2,1-2H3,(H,18,20). The first-order valence-electron chi connectivity index (χ1n) is 7.64. The molecule has 1 aliphatic heterocycles. The van der Waals surface area contributed by atoms with Crippen LogP contribution in [0.1, 0.15) is 63.2 Å². The predicted molar refractivity (Wildman–Crippen MR) is 79.6 cm³/mol. The van der Waals surface area contributed by atoms with E-state index >= 15 is 0 Å². The molecule has 0 spiro atoms. The van der Waals surface area contributed by atoms with E-state index in [-0.39, 0.29) is 5.91 Å². The number of benzene rings is 1. The average molecular weight is 273 g/mol. The fraction of sp³-hybridized carbons (Fsp3) is 0.588. The van der Waals surface area contributed by atoms with Gasteiger partial charge in [-0.3, -0.25) is 4.79 Å². The van der Waals surface area contributed by atoms with Gasteiger partial charge in [-0.2, -0.15) is 0 Å². The lowest BCUT2D eigenvalue weighted by atomic mass is 9.80. The van der Waals surface area contributed by atoms with Crippen molar-refractivity contribution >= 4 is 11.6 Å². The van der Waals surface area contributed by atoms with Crippen LogP contribution in [-0.4, -0.2) is 11.0 Å². The molecule has 3 rings (SSSR count). The van der Waals surface area contributed by atoms with Crippen molar-refractivity contribution in [2.24, 2.45) is 5.92 Å². The van der Waals surface area contributed by atoms with Crippen LogP contribution >= 0.6 is 0 Å². The molecule has 1 amide bonds. The normalized spacial score (nSPS) is 23.2. The van der Waals surface area contributed by atoms with Crippen LogP contribution in [0.25, 0.3) is 0 Å². The Morgan fingerprint density at radius 1 is 1.25 bits per heavy atom. The number of rotatable bonds is 2. The van der Waals surface area contributed by atoms with Gasteiger partial charge in [0.1, 0.15) is 0 Å². The summed E-state index contributed by atoms with van der Waals surface area (Å²) in [6.45, 7) is 3.87. The van der Waals surface area contributed by atoms with Gasteiger partial charge in [0.2, 0.25) is 5.91 Å². The maximum atomic E-state index is 12.0. The zero-order valence-electron chi connectivity index (χ0n) is 12.3. The van der Waals surface area contributed by atoms with E-state index in [0.717, 1.165) is 29.7 Å². The first-order valence-corrected chi connectivity index (χ1v) is 7.64. The highest BCUT2D eigenvalue weighted by atomic mass is 16.3. The van der Waals surface area contributed by atoms with Gasteiger partial charge >= 0.3 is 0 Å². The molecule has 2 N–H and O–H groups in total. The fourth-order valence-electron chi connectivity index (χ4n) is 3.49. The molecule has 0 radical (unpaired) electrons. The highest BCUT2D eigenvalue weighted by Gasteiger charge is 2.38. The largest absolute Gasteiger partial charge is 0.388 e. The van der Waals surface area contributed by atoms with Gasteiger partial charge in [-0.15, -0.1) is 0 Å². The minimum absolute atomic E-state index is 0.0387. The number of fused-ring (bicyclic) bond motifs is 1. The number of nitrogens with one attached hydrogen (secondary N) is 1. The van der Waals surface area contributed by atoms with Crippen molar-refractivity contribution in [3.63, 3.8) is 0 Å². The summed E-state index contributed by atoms with van der Waals surface area (Å²) < 4.78 is 0. The fourth-order valence-corrected chi connectivity index (χ4v) is 3.49. The number of anilines is 1. The summed E-state index contributed by atoms with van der Waals surface area (Å²) in [5.74, 6) is 0.409. The molecular weight excluding hydrogens is 250 g/mol. The summed E-state index contributed by atoms with van der Waals surface area (Å²) >= 11 is 0. The van der Waals surface area contributed by atoms with Gasteiger partial charge in [0, 0.05) is 5.69 Å². The second-order valence-electron chi connectivity index (χ2n) is 6.73. The zero-order chi connectivity index (χ0) is 14.3. The molecule has 108 valence electrons. The molecule has 20 heavy (non-hydrogen) atoms. The molecule has 1 aromatic rings. The van der Waals surface area contributed by atoms with Gasteiger partial charge < -0.3 is 10.4 Å². The van der Waals surface area contributed by atoms with E-state index in [4.69, 9.17) is 0 Å². The van der Waals surface area contributed by atoms with Crippen LogP contribution in [0.2, 0.25) is 0 Å². The first-order chi connectivity index (χ1) is 9.50. The summed E-state index contributed by atoms with van der Waals surface area (Å²) in [5.41, 5.74) is 2.35. The Morgan fingerprint density at radius 2 is 1.95 bits per heavy atom. The lowest BCUT2D eigenvalue weighted by Gasteiger charge is -2.27. The Morgan fingerprint density at radius 3 is 2.65 bits per heavy atom. The molecule has 0 aromatic heterocycles. The summed E-state index contributed by atoms with van der Waals surface area (Å²) in [6.07, 6.45) is 5.56. The van der Waals surface area contributed by atoms with Gasteiger partial charge in [0.25, 0.3) is 0 Å². The molecule has 1 fully saturated rings. The number of aliphatic hydroxyl groups excluding tert-OH is 1. The molecule has 0 saturated heterocycles. The quantitative estimate of drug-likeness (QED) is 0.866. The highest BCUT2D eigenvalue weighted by Crippen LogP contribution is 2.41. The molecule has 1 atom stereocenters. The highest BCUT2D eigenvalue weighted by molar-refractivity contribution is 6.05. The van der Waals surface area contributed by atoms with Crippen LogP contribution in [0.5, 0.6) is 0 Å². The Hall–Kier alpha value is -1.35. The van der Waals surface area contributed by atoms with E-state index < -0.39 is 11.5 Å². The Labute approximate surface area is 120 Å². The molecule has 3 nitrogen and oxygen atoms in total. The van der Waals surface area contributed by atoms with Gasteiger partial charge in [-0.25, -0.2) is 0 Å². The Kier molecular flexibility index (Phi) is 3.33. The first kappa shape index (κ1) is 13.6. The number of carbonyl (C=O) groups is 1. The van der Waals surface area contributed by atoms with Crippen molar-refractivity contribution < 1.29 is 9.90 Å². The Bertz CT molecular complexity index is 530. The lowest BCUT2D eigenvalue weighted by molar-refractivity contribution is -0.119. The molecule has 1 unspecified atom stereocenters. The Balaban J connectivity index is 1.89. The second-order valence-corrected chi connectivity index (χ2v) is 6.73. The van der Waals surface area contributed by atoms with E-state index in [0.29, 0.717) is 5.92 Å². The molecule has 2 aliphatic rings. The average Bonchev–Trinajstić information content (AvgIpc) is 2.69. The summed E-state index contributed by atoms with van der Waals surface area (Å²) in [4.78, 5) is 12.0. The van der Waals surface area contributed by atoms with Crippen LogP contribution in [0, 0.1) is 5.92 Å². The van der Waals surface area contributed by atoms with Crippen LogP contribution in [-0.2, 0) is 10.2 Å². The monoisotopic (exact) mass is 273 g/mol. The molecule has 3 heteroatoms. The van der Waals surface area contributed by atoms with Gasteiger partial charge in [0.05, 0.1) is 11.5 Å². The smallest absolute Gasteiger partial charge is 0.234 e. The minimum Gasteiger partial charge on any atom is -0.388 e. The predicted octanol–water partition coefficient (Wildman–Crippen LogP) is 3.53. The number of aliphatic hydroxyl groups is 1. The van der Waals surface area contributed by atoms with Crippen molar-refractivity contribution in [1.29, 1.82) is 0 Å². The summed E-state index contributed by atoms with van der Waals surface area (Å²) in [6, 6.07) is 5.91. The summed E-state index contributed by atoms with van der Waals surface area (Å²) in [5, 5.41) is 13.5. The van der Waals surface area contributed by atoms with Crippen molar-refractivity contribution in [3.05, 3.63) is 29.3 Å². The second kappa shape index (κ2) is 4.88.